The topological polar surface area (TPSA) is 65.2 Å². The molecular formula is C10H12N2O2. The molecule has 0 fully saturated rings. The largest absolute Gasteiger partial charge is 0.469 e. The molecule has 0 bridgehead atoms. The van der Waals surface area contributed by atoms with Gasteiger partial charge in [0.15, 0.2) is 0 Å². The van der Waals surface area contributed by atoms with Crippen molar-refractivity contribution in [3.05, 3.63) is 42.0 Å². The number of furan rings is 1. The Morgan fingerprint density at radius 3 is 3.00 bits per heavy atom. The molecule has 2 rings (SSSR count). The summed E-state index contributed by atoms with van der Waals surface area (Å²) in [7, 11) is 0. The van der Waals surface area contributed by atoms with Gasteiger partial charge in [0.2, 0.25) is 5.89 Å². The molecule has 2 N–H and O–H groups in total. The van der Waals surface area contributed by atoms with Gasteiger partial charge in [-0.05, 0) is 18.7 Å². The maximum absolute atomic E-state index is 5.45. The summed E-state index contributed by atoms with van der Waals surface area (Å²) >= 11 is 0. The van der Waals surface area contributed by atoms with Crippen molar-refractivity contribution < 1.29 is 8.83 Å². The van der Waals surface area contributed by atoms with E-state index in [2.05, 4.69) is 4.98 Å². The molecule has 4 heteroatoms. The minimum atomic E-state index is 0.579. The number of rotatable bonds is 4. The van der Waals surface area contributed by atoms with Crippen LogP contribution in [0.3, 0.4) is 0 Å². The van der Waals surface area contributed by atoms with Crippen LogP contribution in [0.2, 0.25) is 0 Å². The molecule has 2 heterocycles. The molecule has 14 heavy (non-hydrogen) atoms. The molecule has 0 aliphatic heterocycles. The molecule has 0 aliphatic carbocycles. The third-order valence-corrected chi connectivity index (χ3v) is 1.90. The molecular weight excluding hydrogens is 180 g/mol. The summed E-state index contributed by atoms with van der Waals surface area (Å²) in [5.74, 6) is 2.35. The van der Waals surface area contributed by atoms with E-state index in [-0.39, 0.29) is 0 Å². The van der Waals surface area contributed by atoms with E-state index in [0.717, 1.165) is 17.9 Å². The highest BCUT2D eigenvalue weighted by Crippen LogP contribution is 2.10. The maximum atomic E-state index is 5.45. The standard InChI is InChI=1S/C10H12N2O2/c11-4-3-9-7-12-10(14-9)6-8-2-1-5-13-8/h1-2,5,7H,3-4,6,11H2. The number of nitrogens with zero attached hydrogens (tertiary/aromatic N) is 1. The number of hydrogen-bond donors (Lipinski definition) is 1. The van der Waals surface area contributed by atoms with Gasteiger partial charge in [0.1, 0.15) is 11.5 Å². The molecule has 0 saturated carbocycles. The van der Waals surface area contributed by atoms with Crippen LogP contribution in [0.1, 0.15) is 17.4 Å². The highest BCUT2D eigenvalue weighted by molar-refractivity contribution is 5.06. The first-order valence-electron chi connectivity index (χ1n) is 4.54. The lowest BCUT2D eigenvalue weighted by Crippen LogP contribution is -2.01. The van der Waals surface area contributed by atoms with Gasteiger partial charge in [-0.2, -0.15) is 0 Å². The summed E-state index contributed by atoms with van der Waals surface area (Å²) in [6, 6.07) is 3.74. The second-order valence-corrected chi connectivity index (χ2v) is 3.02. The predicted octanol–water partition coefficient (Wildman–Crippen LogP) is 1.36. The smallest absolute Gasteiger partial charge is 0.201 e. The fraction of sp³-hybridized carbons (Fsp3) is 0.300. The molecule has 0 amide bonds. The summed E-state index contributed by atoms with van der Waals surface area (Å²) in [6.45, 7) is 0.579. The van der Waals surface area contributed by atoms with Crippen molar-refractivity contribution in [2.24, 2.45) is 5.73 Å². The van der Waals surface area contributed by atoms with Gasteiger partial charge in [-0.25, -0.2) is 4.98 Å². The fourth-order valence-electron chi connectivity index (χ4n) is 1.25. The Morgan fingerprint density at radius 1 is 1.36 bits per heavy atom. The van der Waals surface area contributed by atoms with Gasteiger partial charge in [0, 0.05) is 6.42 Å². The van der Waals surface area contributed by atoms with E-state index in [1.807, 2.05) is 12.1 Å². The zero-order valence-electron chi connectivity index (χ0n) is 7.77. The second kappa shape index (κ2) is 4.11. The van der Waals surface area contributed by atoms with Crippen molar-refractivity contribution in [1.82, 2.24) is 4.98 Å². The van der Waals surface area contributed by atoms with Crippen molar-refractivity contribution in [1.29, 1.82) is 0 Å². The average molecular weight is 192 g/mol. The summed E-state index contributed by atoms with van der Waals surface area (Å²) in [5, 5.41) is 0. The van der Waals surface area contributed by atoms with E-state index in [9.17, 15) is 0 Å². The SMILES string of the molecule is NCCc1cnc(Cc2ccco2)o1. The van der Waals surface area contributed by atoms with Crippen LogP contribution in [0.15, 0.2) is 33.4 Å². The van der Waals surface area contributed by atoms with Crippen LogP contribution in [0.25, 0.3) is 0 Å². The lowest BCUT2D eigenvalue weighted by Gasteiger charge is -1.91. The number of oxazole rings is 1. The Hall–Kier alpha value is -1.55. The van der Waals surface area contributed by atoms with Gasteiger partial charge in [-0.15, -0.1) is 0 Å². The van der Waals surface area contributed by atoms with E-state index in [1.54, 1.807) is 12.5 Å². The van der Waals surface area contributed by atoms with E-state index in [1.165, 1.54) is 0 Å². The first-order chi connectivity index (χ1) is 6.88. The van der Waals surface area contributed by atoms with Crippen LogP contribution >= 0.6 is 0 Å². The van der Waals surface area contributed by atoms with Crippen LogP contribution in [0.4, 0.5) is 0 Å². The van der Waals surface area contributed by atoms with Crippen LogP contribution in [-0.4, -0.2) is 11.5 Å². The van der Waals surface area contributed by atoms with Crippen molar-refractivity contribution in [2.45, 2.75) is 12.8 Å². The fourth-order valence-corrected chi connectivity index (χ4v) is 1.25. The van der Waals surface area contributed by atoms with Crippen LogP contribution in [0.5, 0.6) is 0 Å². The van der Waals surface area contributed by atoms with E-state index in [0.29, 0.717) is 18.9 Å². The molecule has 2 aromatic rings. The summed E-state index contributed by atoms with van der Waals surface area (Å²) in [5.41, 5.74) is 5.40. The Morgan fingerprint density at radius 2 is 2.29 bits per heavy atom. The van der Waals surface area contributed by atoms with E-state index >= 15 is 0 Å². The molecule has 0 atom stereocenters. The average Bonchev–Trinajstić information content (AvgIpc) is 2.79. The summed E-state index contributed by atoms with van der Waals surface area (Å²) < 4.78 is 10.6. The predicted molar refractivity (Wildman–Crippen MR) is 50.8 cm³/mol. The number of aromatic nitrogens is 1. The minimum absolute atomic E-state index is 0.579. The third kappa shape index (κ3) is 2.03. The highest BCUT2D eigenvalue weighted by Gasteiger charge is 2.05. The lowest BCUT2D eigenvalue weighted by molar-refractivity contribution is 0.440. The molecule has 0 saturated heterocycles. The van der Waals surface area contributed by atoms with Gasteiger partial charge in [0.05, 0.1) is 18.9 Å². The maximum Gasteiger partial charge on any atom is 0.201 e. The van der Waals surface area contributed by atoms with E-state index in [4.69, 9.17) is 14.6 Å². The lowest BCUT2D eigenvalue weighted by atomic mass is 10.3. The van der Waals surface area contributed by atoms with Crippen LogP contribution in [0, 0.1) is 0 Å². The molecule has 0 aliphatic rings. The number of nitrogens with two attached hydrogens (primary N) is 1. The van der Waals surface area contributed by atoms with Crippen molar-refractivity contribution in [3.8, 4) is 0 Å². The van der Waals surface area contributed by atoms with Crippen molar-refractivity contribution in [2.75, 3.05) is 6.54 Å². The molecule has 2 aromatic heterocycles. The molecule has 0 spiro atoms. The Balaban J connectivity index is 2.03. The quantitative estimate of drug-likeness (QED) is 0.794. The Kier molecular flexibility index (Phi) is 2.65. The normalized spacial score (nSPS) is 10.6. The molecule has 4 nitrogen and oxygen atoms in total. The first-order valence-corrected chi connectivity index (χ1v) is 4.54. The van der Waals surface area contributed by atoms with Crippen LogP contribution < -0.4 is 5.73 Å². The van der Waals surface area contributed by atoms with Gasteiger partial charge in [0.25, 0.3) is 0 Å². The molecule has 0 unspecified atom stereocenters. The third-order valence-electron chi connectivity index (χ3n) is 1.90. The number of hydrogen-bond acceptors (Lipinski definition) is 4. The molecule has 0 radical (unpaired) electrons. The summed E-state index contributed by atoms with van der Waals surface area (Å²) in [6.07, 6.45) is 4.67. The molecule has 0 aromatic carbocycles. The van der Waals surface area contributed by atoms with E-state index < -0.39 is 0 Å². The summed E-state index contributed by atoms with van der Waals surface area (Å²) in [4.78, 5) is 4.13. The minimum Gasteiger partial charge on any atom is -0.469 e. The van der Waals surface area contributed by atoms with Crippen molar-refractivity contribution in [3.63, 3.8) is 0 Å². The Bertz CT molecular complexity index is 378. The zero-order valence-corrected chi connectivity index (χ0v) is 7.77. The molecule has 74 valence electrons. The van der Waals surface area contributed by atoms with Gasteiger partial charge in [-0.3, -0.25) is 0 Å². The Labute approximate surface area is 81.7 Å². The second-order valence-electron chi connectivity index (χ2n) is 3.02. The highest BCUT2D eigenvalue weighted by atomic mass is 16.4. The first kappa shape index (κ1) is 9.02. The van der Waals surface area contributed by atoms with Gasteiger partial charge < -0.3 is 14.6 Å². The van der Waals surface area contributed by atoms with Gasteiger partial charge >= 0.3 is 0 Å². The van der Waals surface area contributed by atoms with Gasteiger partial charge in [-0.1, -0.05) is 0 Å². The zero-order chi connectivity index (χ0) is 9.80. The van der Waals surface area contributed by atoms with Crippen molar-refractivity contribution >= 4 is 0 Å². The van der Waals surface area contributed by atoms with Crippen LogP contribution in [-0.2, 0) is 12.8 Å². The monoisotopic (exact) mass is 192 g/mol.